The Balaban J connectivity index is 2.08. The number of benzene rings is 1. The molecule has 1 aromatic carbocycles. The summed E-state index contributed by atoms with van der Waals surface area (Å²) >= 11 is 0. The quantitative estimate of drug-likeness (QED) is 0.786. The molecule has 0 spiro atoms. The monoisotopic (exact) mass is 254 g/mol. The Hall–Kier alpha value is -2.49. The fourth-order valence-electron chi connectivity index (χ4n) is 1.73. The van der Waals surface area contributed by atoms with Gasteiger partial charge in [0, 0.05) is 24.4 Å². The molecule has 1 aromatic heterocycles. The summed E-state index contributed by atoms with van der Waals surface area (Å²) in [6.07, 6.45) is 2.46. The highest BCUT2D eigenvalue weighted by atomic mass is 16.2. The normalized spacial score (nSPS) is 9.95. The zero-order valence-electron chi connectivity index (χ0n) is 10.6. The molecule has 0 aliphatic rings. The van der Waals surface area contributed by atoms with E-state index in [9.17, 15) is 9.59 Å². The number of hydrogen-bond acceptors (Lipinski definition) is 3. The van der Waals surface area contributed by atoms with Crippen molar-refractivity contribution in [1.29, 1.82) is 0 Å². The Labute approximate surface area is 111 Å². The molecular weight excluding hydrogens is 240 g/mol. The summed E-state index contributed by atoms with van der Waals surface area (Å²) in [4.78, 5) is 28.5. The number of hydrogen-bond donors (Lipinski definition) is 0. The molecule has 0 atom stereocenters. The first-order valence-corrected chi connectivity index (χ1v) is 5.91. The molecule has 0 saturated heterocycles. The largest absolute Gasteiger partial charge is 0.336 e. The van der Waals surface area contributed by atoms with Gasteiger partial charge >= 0.3 is 0 Å². The lowest BCUT2D eigenvalue weighted by molar-refractivity contribution is 0.0783. The molecule has 96 valence electrons. The lowest BCUT2D eigenvalue weighted by Crippen LogP contribution is -2.26. The Kier molecular flexibility index (Phi) is 4.03. The van der Waals surface area contributed by atoms with Gasteiger partial charge in [-0.25, -0.2) is 0 Å². The maximum atomic E-state index is 12.2. The molecule has 0 unspecified atom stereocenters. The first kappa shape index (κ1) is 13.0. The van der Waals surface area contributed by atoms with Crippen LogP contribution >= 0.6 is 0 Å². The molecule has 2 aromatic rings. The SMILES string of the molecule is CN(Cc1ccccn1)C(=O)c1ccc(C=O)cc1. The van der Waals surface area contributed by atoms with Crippen LogP contribution in [0.15, 0.2) is 48.7 Å². The second-order valence-electron chi connectivity index (χ2n) is 4.22. The van der Waals surface area contributed by atoms with Crippen LogP contribution in [-0.2, 0) is 6.54 Å². The van der Waals surface area contributed by atoms with Crippen LogP contribution < -0.4 is 0 Å². The van der Waals surface area contributed by atoms with Gasteiger partial charge in [0.25, 0.3) is 5.91 Å². The molecule has 1 amide bonds. The maximum Gasteiger partial charge on any atom is 0.253 e. The Morgan fingerprint density at radius 1 is 1.21 bits per heavy atom. The predicted molar refractivity (Wildman–Crippen MR) is 71.9 cm³/mol. The Bertz CT molecular complexity index is 564. The number of nitrogens with zero attached hydrogens (tertiary/aromatic N) is 2. The molecule has 0 saturated carbocycles. The minimum atomic E-state index is -0.0943. The lowest BCUT2D eigenvalue weighted by atomic mass is 10.1. The van der Waals surface area contributed by atoms with E-state index in [0.29, 0.717) is 17.7 Å². The third-order valence-corrected chi connectivity index (χ3v) is 2.77. The highest BCUT2D eigenvalue weighted by Crippen LogP contribution is 2.08. The maximum absolute atomic E-state index is 12.2. The minimum Gasteiger partial charge on any atom is -0.336 e. The molecule has 2 rings (SSSR count). The molecule has 4 nitrogen and oxygen atoms in total. The lowest BCUT2D eigenvalue weighted by Gasteiger charge is -2.16. The number of carbonyl (C=O) groups excluding carboxylic acids is 2. The number of amides is 1. The van der Waals surface area contributed by atoms with Crippen molar-refractivity contribution in [3.05, 3.63) is 65.5 Å². The van der Waals surface area contributed by atoms with Crippen LogP contribution in [0, 0.1) is 0 Å². The summed E-state index contributed by atoms with van der Waals surface area (Å²) < 4.78 is 0. The van der Waals surface area contributed by atoms with Crippen LogP contribution in [-0.4, -0.2) is 29.1 Å². The number of pyridine rings is 1. The second-order valence-corrected chi connectivity index (χ2v) is 4.22. The minimum absolute atomic E-state index is 0.0943. The van der Waals surface area contributed by atoms with Crippen molar-refractivity contribution in [3.63, 3.8) is 0 Å². The van der Waals surface area contributed by atoms with Crippen molar-refractivity contribution in [2.75, 3.05) is 7.05 Å². The number of aromatic nitrogens is 1. The van der Waals surface area contributed by atoms with E-state index in [2.05, 4.69) is 4.98 Å². The Morgan fingerprint density at radius 3 is 2.53 bits per heavy atom. The molecule has 0 radical (unpaired) electrons. The molecule has 4 heteroatoms. The van der Waals surface area contributed by atoms with Crippen LogP contribution in [0.5, 0.6) is 0 Å². The van der Waals surface area contributed by atoms with Crippen molar-refractivity contribution in [2.24, 2.45) is 0 Å². The molecule has 19 heavy (non-hydrogen) atoms. The molecule has 0 bridgehead atoms. The van der Waals surface area contributed by atoms with Gasteiger partial charge < -0.3 is 4.90 Å². The summed E-state index contributed by atoms with van der Waals surface area (Å²) in [6, 6.07) is 12.2. The highest BCUT2D eigenvalue weighted by Gasteiger charge is 2.12. The van der Waals surface area contributed by atoms with Crippen LogP contribution in [0.3, 0.4) is 0 Å². The van der Waals surface area contributed by atoms with E-state index in [0.717, 1.165) is 12.0 Å². The van der Waals surface area contributed by atoms with E-state index in [1.54, 1.807) is 42.4 Å². The highest BCUT2D eigenvalue weighted by molar-refractivity contribution is 5.94. The fraction of sp³-hybridized carbons (Fsp3) is 0.133. The van der Waals surface area contributed by atoms with Crippen molar-refractivity contribution in [2.45, 2.75) is 6.54 Å². The third kappa shape index (κ3) is 3.25. The summed E-state index contributed by atoms with van der Waals surface area (Å²) in [7, 11) is 1.73. The molecule has 1 heterocycles. The van der Waals surface area contributed by atoms with E-state index in [1.165, 1.54) is 0 Å². The van der Waals surface area contributed by atoms with Crippen LogP contribution in [0.25, 0.3) is 0 Å². The molecule has 0 aliphatic heterocycles. The zero-order chi connectivity index (χ0) is 13.7. The van der Waals surface area contributed by atoms with Gasteiger partial charge in [-0.15, -0.1) is 0 Å². The van der Waals surface area contributed by atoms with Gasteiger partial charge in [0.05, 0.1) is 12.2 Å². The summed E-state index contributed by atoms with van der Waals surface area (Å²) in [5, 5.41) is 0. The van der Waals surface area contributed by atoms with E-state index in [1.807, 2.05) is 18.2 Å². The van der Waals surface area contributed by atoms with E-state index >= 15 is 0 Å². The van der Waals surface area contributed by atoms with Crippen LogP contribution in [0.4, 0.5) is 0 Å². The van der Waals surface area contributed by atoms with Gasteiger partial charge in [-0.3, -0.25) is 14.6 Å². The van der Waals surface area contributed by atoms with Gasteiger partial charge in [0.1, 0.15) is 6.29 Å². The zero-order valence-corrected chi connectivity index (χ0v) is 10.6. The van der Waals surface area contributed by atoms with Crippen LogP contribution in [0.2, 0.25) is 0 Å². The van der Waals surface area contributed by atoms with Gasteiger partial charge in [0.2, 0.25) is 0 Å². The van der Waals surface area contributed by atoms with Gasteiger partial charge in [-0.2, -0.15) is 0 Å². The van der Waals surface area contributed by atoms with E-state index in [4.69, 9.17) is 0 Å². The van der Waals surface area contributed by atoms with Crippen molar-refractivity contribution in [1.82, 2.24) is 9.88 Å². The number of rotatable bonds is 4. The van der Waals surface area contributed by atoms with E-state index in [-0.39, 0.29) is 5.91 Å². The standard InChI is InChI=1S/C15H14N2O2/c1-17(10-14-4-2-3-9-16-14)15(19)13-7-5-12(11-18)6-8-13/h2-9,11H,10H2,1H3. The number of aldehydes is 1. The van der Waals surface area contributed by atoms with E-state index < -0.39 is 0 Å². The topological polar surface area (TPSA) is 50.3 Å². The molecule has 0 fully saturated rings. The average molecular weight is 254 g/mol. The average Bonchev–Trinajstić information content (AvgIpc) is 2.47. The van der Waals surface area contributed by atoms with Crippen LogP contribution in [0.1, 0.15) is 26.4 Å². The first-order valence-electron chi connectivity index (χ1n) is 5.91. The predicted octanol–water partition coefficient (Wildman–Crippen LogP) is 2.17. The van der Waals surface area contributed by atoms with Gasteiger partial charge in [-0.05, 0) is 24.3 Å². The Morgan fingerprint density at radius 2 is 1.95 bits per heavy atom. The smallest absolute Gasteiger partial charge is 0.253 e. The fourth-order valence-corrected chi connectivity index (χ4v) is 1.73. The van der Waals surface area contributed by atoms with Gasteiger partial charge in [0.15, 0.2) is 0 Å². The third-order valence-electron chi connectivity index (χ3n) is 2.77. The van der Waals surface area contributed by atoms with Crippen molar-refractivity contribution < 1.29 is 9.59 Å². The molecule has 0 N–H and O–H groups in total. The number of carbonyl (C=O) groups is 2. The van der Waals surface area contributed by atoms with Gasteiger partial charge in [-0.1, -0.05) is 18.2 Å². The molecule has 0 aliphatic carbocycles. The summed E-state index contributed by atoms with van der Waals surface area (Å²) in [5.41, 5.74) is 1.95. The summed E-state index contributed by atoms with van der Waals surface area (Å²) in [5.74, 6) is -0.0943. The van der Waals surface area contributed by atoms with Crippen molar-refractivity contribution in [3.8, 4) is 0 Å². The summed E-state index contributed by atoms with van der Waals surface area (Å²) in [6.45, 7) is 0.453. The second kappa shape index (κ2) is 5.91. The first-order chi connectivity index (χ1) is 9.20. The van der Waals surface area contributed by atoms with Crippen molar-refractivity contribution >= 4 is 12.2 Å². The molecular formula is C15H14N2O2.